The first-order chi connectivity index (χ1) is 7.88. The molecular formula is C10H13NO4S2. The van der Waals surface area contributed by atoms with Crippen LogP contribution in [0.15, 0.2) is 10.5 Å². The summed E-state index contributed by atoms with van der Waals surface area (Å²) in [4.78, 5) is 15.9. The molecule has 1 aromatic rings. The van der Waals surface area contributed by atoms with Crippen LogP contribution in [0.1, 0.15) is 30.1 Å². The molecule has 1 fully saturated rings. The van der Waals surface area contributed by atoms with Crippen molar-refractivity contribution in [2.45, 2.75) is 35.6 Å². The summed E-state index contributed by atoms with van der Waals surface area (Å²) in [5.74, 6) is -0.0928. The summed E-state index contributed by atoms with van der Waals surface area (Å²) in [6.45, 7) is 0. The number of sulfone groups is 1. The van der Waals surface area contributed by atoms with Gasteiger partial charge in [0.05, 0.1) is 0 Å². The number of carbonyl (C=O) groups is 1. The normalized spacial score (nSPS) is 26.1. The van der Waals surface area contributed by atoms with Gasteiger partial charge in [0.25, 0.3) is 0 Å². The van der Waals surface area contributed by atoms with Gasteiger partial charge in [-0.3, -0.25) is 4.79 Å². The van der Waals surface area contributed by atoms with Gasteiger partial charge in [-0.05, 0) is 18.8 Å². The van der Waals surface area contributed by atoms with Crippen molar-refractivity contribution in [3.63, 3.8) is 0 Å². The van der Waals surface area contributed by atoms with E-state index in [0.717, 1.165) is 22.5 Å². The summed E-state index contributed by atoms with van der Waals surface area (Å²) >= 11 is 1.13. The third-order valence-electron chi connectivity index (χ3n) is 2.84. The summed E-state index contributed by atoms with van der Waals surface area (Å²) in [6, 6.07) is 0. The highest BCUT2D eigenvalue weighted by molar-refractivity contribution is 7.92. The van der Waals surface area contributed by atoms with Crippen molar-refractivity contribution in [2.75, 3.05) is 6.26 Å². The number of rotatable bonds is 2. The number of thiazole rings is 1. The zero-order valence-electron chi connectivity index (χ0n) is 9.29. The number of nitrogens with zero attached hydrogens (tertiary/aromatic N) is 1. The largest absolute Gasteiger partial charge is 0.385 e. The van der Waals surface area contributed by atoms with Crippen LogP contribution in [0.4, 0.5) is 0 Å². The highest BCUT2D eigenvalue weighted by Crippen LogP contribution is 2.35. The predicted molar refractivity (Wildman–Crippen MR) is 62.8 cm³/mol. The van der Waals surface area contributed by atoms with Crippen LogP contribution in [-0.4, -0.2) is 36.7 Å². The molecule has 0 aliphatic heterocycles. The Balaban J connectivity index is 2.19. The highest BCUT2D eigenvalue weighted by atomic mass is 32.2. The molecule has 1 aliphatic carbocycles. The van der Waals surface area contributed by atoms with Gasteiger partial charge in [-0.15, -0.1) is 11.3 Å². The van der Waals surface area contributed by atoms with Crippen molar-refractivity contribution in [3.05, 3.63) is 11.1 Å². The number of hydrogen-bond donors (Lipinski definition) is 1. The standard InChI is InChI=1S/C10H13NO4S2/c1-17(14,15)10-11-5-9(16-10)6-2-3-7(12)8(13)4-6/h5-6,8,13H,2-4H2,1H3. The maximum absolute atomic E-state index is 11.3. The summed E-state index contributed by atoms with van der Waals surface area (Å²) in [7, 11) is -3.27. The Bertz CT molecular complexity index is 534. The molecule has 94 valence electrons. The van der Waals surface area contributed by atoms with E-state index < -0.39 is 15.9 Å². The topological polar surface area (TPSA) is 84.3 Å². The van der Waals surface area contributed by atoms with Gasteiger partial charge in [0.2, 0.25) is 14.2 Å². The van der Waals surface area contributed by atoms with E-state index in [0.29, 0.717) is 19.3 Å². The summed E-state index contributed by atoms with van der Waals surface area (Å²) in [5.41, 5.74) is 0. The molecule has 0 bridgehead atoms. The Morgan fingerprint density at radius 2 is 2.24 bits per heavy atom. The van der Waals surface area contributed by atoms with Gasteiger partial charge in [0, 0.05) is 23.8 Å². The van der Waals surface area contributed by atoms with E-state index in [2.05, 4.69) is 4.98 Å². The van der Waals surface area contributed by atoms with Crippen molar-refractivity contribution in [3.8, 4) is 0 Å². The number of ketones is 1. The molecule has 5 nitrogen and oxygen atoms in total. The van der Waals surface area contributed by atoms with Gasteiger partial charge in [-0.1, -0.05) is 0 Å². The first-order valence-corrected chi connectivity index (χ1v) is 7.95. The number of aliphatic hydroxyl groups excluding tert-OH is 1. The minimum atomic E-state index is -3.27. The van der Waals surface area contributed by atoms with Crippen LogP contribution in [-0.2, 0) is 14.6 Å². The van der Waals surface area contributed by atoms with E-state index in [1.54, 1.807) is 0 Å². The van der Waals surface area contributed by atoms with Crippen molar-refractivity contribution in [1.82, 2.24) is 4.98 Å². The lowest BCUT2D eigenvalue weighted by molar-refractivity contribution is -0.129. The Morgan fingerprint density at radius 3 is 2.76 bits per heavy atom. The van der Waals surface area contributed by atoms with E-state index >= 15 is 0 Å². The number of Topliss-reactive ketones (excluding diaryl/α,β-unsaturated/α-hetero) is 1. The Kier molecular flexibility index (Phi) is 3.33. The smallest absolute Gasteiger partial charge is 0.209 e. The quantitative estimate of drug-likeness (QED) is 0.860. The molecule has 2 atom stereocenters. The number of aromatic nitrogens is 1. The molecule has 17 heavy (non-hydrogen) atoms. The predicted octanol–water partition coefficient (Wildman–Crippen LogP) is 0.744. The number of carbonyl (C=O) groups excluding carboxylic acids is 1. The van der Waals surface area contributed by atoms with Crippen LogP contribution in [0.25, 0.3) is 0 Å². The minimum Gasteiger partial charge on any atom is -0.385 e. The first kappa shape index (κ1) is 12.7. The monoisotopic (exact) mass is 275 g/mol. The molecule has 1 N–H and O–H groups in total. The van der Waals surface area contributed by atoms with Gasteiger partial charge >= 0.3 is 0 Å². The molecule has 1 saturated carbocycles. The van der Waals surface area contributed by atoms with Gasteiger partial charge in [0.1, 0.15) is 6.10 Å². The molecule has 1 aliphatic rings. The molecular weight excluding hydrogens is 262 g/mol. The van der Waals surface area contributed by atoms with Gasteiger partial charge in [0.15, 0.2) is 5.78 Å². The van der Waals surface area contributed by atoms with Crippen molar-refractivity contribution in [2.24, 2.45) is 0 Å². The molecule has 2 unspecified atom stereocenters. The fourth-order valence-corrected chi connectivity index (χ4v) is 3.82. The Morgan fingerprint density at radius 1 is 1.53 bits per heavy atom. The maximum Gasteiger partial charge on any atom is 0.209 e. The highest BCUT2D eigenvalue weighted by Gasteiger charge is 2.29. The second-order valence-corrected chi connectivity index (χ2v) is 7.51. The second kappa shape index (κ2) is 4.47. The molecule has 0 amide bonds. The molecule has 2 rings (SSSR count). The third kappa shape index (κ3) is 2.72. The lowest BCUT2D eigenvalue weighted by Crippen LogP contribution is -2.28. The maximum atomic E-state index is 11.3. The van der Waals surface area contributed by atoms with Crippen molar-refractivity contribution in [1.29, 1.82) is 0 Å². The number of aliphatic hydroxyl groups is 1. The Labute approximate surface area is 103 Å². The molecule has 0 radical (unpaired) electrons. The van der Waals surface area contributed by atoms with E-state index in [1.165, 1.54) is 6.20 Å². The van der Waals surface area contributed by atoms with Crippen LogP contribution in [0, 0.1) is 0 Å². The average Bonchev–Trinajstić information content (AvgIpc) is 2.70. The van der Waals surface area contributed by atoms with E-state index in [9.17, 15) is 18.3 Å². The third-order valence-corrected chi connectivity index (χ3v) is 5.69. The fourth-order valence-electron chi connectivity index (χ4n) is 1.89. The number of hydrogen-bond acceptors (Lipinski definition) is 6. The summed E-state index contributed by atoms with van der Waals surface area (Å²) in [6.07, 6.45) is 3.10. The Hall–Kier alpha value is -0.790. The molecule has 0 spiro atoms. The molecule has 1 aromatic heterocycles. The average molecular weight is 275 g/mol. The van der Waals surface area contributed by atoms with Crippen molar-refractivity contribution >= 4 is 27.0 Å². The van der Waals surface area contributed by atoms with Gasteiger partial charge in [-0.2, -0.15) is 0 Å². The van der Waals surface area contributed by atoms with E-state index in [4.69, 9.17) is 0 Å². The minimum absolute atomic E-state index is 0.0377. The SMILES string of the molecule is CS(=O)(=O)c1ncc(C2CCC(=O)C(O)C2)s1. The van der Waals surface area contributed by atoms with Crippen LogP contribution < -0.4 is 0 Å². The zero-order chi connectivity index (χ0) is 12.6. The molecule has 0 saturated heterocycles. The first-order valence-electron chi connectivity index (χ1n) is 5.24. The molecule has 0 aromatic carbocycles. The van der Waals surface area contributed by atoms with Gasteiger partial charge < -0.3 is 5.11 Å². The van der Waals surface area contributed by atoms with E-state index in [1.807, 2.05) is 0 Å². The van der Waals surface area contributed by atoms with Crippen LogP contribution in [0.3, 0.4) is 0 Å². The fraction of sp³-hybridized carbons (Fsp3) is 0.600. The lowest BCUT2D eigenvalue weighted by atomic mass is 9.86. The van der Waals surface area contributed by atoms with Crippen LogP contribution in [0.5, 0.6) is 0 Å². The van der Waals surface area contributed by atoms with Crippen LogP contribution in [0.2, 0.25) is 0 Å². The second-order valence-electron chi connectivity index (χ2n) is 4.25. The van der Waals surface area contributed by atoms with Crippen LogP contribution >= 0.6 is 11.3 Å². The summed E-state index contributed by atoms with van der Waals surface area (Å²) in [5, 5.41) is 9.49. The summed E-state index contributed by atoms with van der Waals surface area (Å²) < 4.78 is 22.7. The zero-order valence-corrected chi connectivity index (χ0v) is 10.9. The molecule has 7 heteroatoms. The van der Waals surface area contributed by atoms with Gasteiger partial charge in [-0.25, -0.2) is 13.4 Å². The molecule has 1 heterocycles. The van der Waals surface area contributed by atoms with E-state index in [-0.39, 0.29) is 16.0 Å². The lowest BCUT2D eigenvalue weighted by Gasteiger charge is -2.23. The van der Waals surface area contributed by atoms with Crippen molar-refractivity contribution < 1.29 is 18.3 Å².